The minimum Gasteiger partial charge on any atom is -0.479 e. The molecule has 0 spiro atoms. The number of anilines is 1. The first-order valence-electron chi connectivity index (χ1n) is 23.5. The number of hydrogen-bond acceptors (Lipinski definition) is 10. The number of benzene rings is 8. The number of nitrogens with zero attached hydrogens (tertiary/aromatic N) is 2. The fourth-order valence-corrected chi connectivity index (χ4v) is 9.71. The number of nitrogens with one attached hydrogen (secondary N) is 2. The fourth-order valence-electron chi connectivity index (χ4n) is 8.96. The van der Waals surface area contributed by atoms with Crippen LogP contribution in [0.2, 0.25) is 0 Å². The van der Waals surface area contributed by atoms with Crippen molar-refractivity contribution in [3.05, 3.63) is 303 Å². The van der Waals surface area contributed by atoms with Crippen LogP contribution in [0.15, 0.2) is 252 Å². The van der Waals surface area contributed by atoms with Gasteiger partial charge in [0, 0.05) is 22.4 Å². The number of hydrogen-bond donors (Lipinski definition) is 3. The second-order valence-electron chi connectivity index (χ2n) is 17.0. The van der Waals surface area contributed by atoms with Gasteiger partial charge in [0.15, 0.2) is 11.2 Å². The third-order valence-electron chi connectivity index (χ3n) is 12.4. The highest BCUT2D eigenvalue weighted by Crippen LogP contribution is 2.42. The molecular formula is C61H46N4O7S. The average Bonchev–Trinajstić information content (AvgIpc) is 3.91. The van der Waals surface area contributed by atoms with Gasteiger partial charge < -0.3 is 29.7 Å². The second-order valence-corrected chi connectivity index (χ2v) is 17.8. The summed E-state index contributed by atoms with van der Waals surface area (Å²) in [6.07, 6.45) is -3.18. The van der Waals surface area contributed by atoms with Gasteiger partial charge in [-0.05, 0) is 51.1 Å². The minimum absolute atomic E-state index is 0.0209. The number of aliphatic carboxylic acids is 1. The van der Waals surface area contributed by atoms with Gasteiger partial charge in [-0.15, -0.1) is 11.3 Å². The molecule has 12 heteroatoms. The predicted molar refractivity (Wildman–Crippen MR) is 284 cm³/mol. The highest BCUT2D eigenvalue weighted by molar-refractivity contribution is 7.14. The van der Waals surface area contributed by atoms with Gasteiger partial charge >= 0.3 is 11.9 Å². The predicted octanol–water partition coefficient (Wildman–Crippen LogP) is 12.4. The van der Waals surface area contributed by atoms with Crippen molar-refractivity contribution >= 4 is 45.0 Å². The van der Waals surface area contributed by atoms with E-state index in [1.807, 2.05) is 212 Å². The molecule has 0 aliphatic carbocycles. The molecule has 1 atom stereocenters. The quantitative estimate of drug-likeness (QED) is 0.0330. The Bertz CT molecular complexity index is 3370. The number of thiazole rings is 1. The summed E-state index contributed by atoms with van der Waals surface area (Å²) < 4.78 is 13.2. The molecule has 3 N–H and O–H groups in total. The lowest BCUT2D eigenvalue weighted by atomic mass is 9.77. The topological polar surface area (TPSA) is 152 Å². The van der Waals surface area contributed by atoms with Gasteiger partial charge in [-0.2, -0.15) is 0 Å². The maximum absolute atomic E-state index is 15.0. The largest absolute Gasteiger partial charge is 0.479 e. The van der Waals surface area contributed by atoms with Crippen LogP contribution in [0, 0.1) is 0 Å². The van der Waals surface area contributed by atoms with E-state index >= 15 is 4.79 Å². The SMILES string of the molecule is O=C(O)/C(=N\OC(C(=O)OC(c1ccccc1)c1ccccc1)c1ccc(OC(c2ccccc2)c2ccccc2)c2[nH]c(=O)ccc12)c1csc(NC(c2ccccc2)(c2ccccc2)c2ccccc2)n1. The number of rotatable bonds is 18. The fraction of sp³-hybridized carbons (Fsp3) is 0.0656. The van der Waals surface area contributed by atoms with Crippen molar-refractivity contribution in [2.45, 2.75) is 23.9 Å². The summed E-state index contributed by atoms with van der Waals surface area (Å²) in [6.45, 7) is 0. The number of H-pyrrole nitrogens is 1. The molecule has 0 saturated heterocycles. The van der Waals surface area contributed by atoms with Gasteiger partial charge in [0.1, 0.15) is 23.1 Å². The Morgan fingerprint density at radius 3 is 1.49 bits per heavy atom. The van der Waals surface area contributed by atoms with Crippen molar-refractivity contribution in [2.75, 3.05) is 5.32 Å². The number of esters is 1. The molecule has 0 saturated carbocycles. The number of carboxylic acid groups (broad SMARTS) is 1. The van der Waals surface area contributed by atoms with Crippen LogP contribution in [0.3, 0.4) is 0 Å². The van der Waals surface area contributed by atoms with Crippen molar-refractivity contribution in [1.82, 2.24) is 9.97 Å². The standard InChI is InChI=1S/C61H46N4O7S/c66-52-39-37-48-49(36-38-51(53(48)63-52)70-55(41-22-8-1-9-23-41)42-24-10-2-11-25-42)57(59(69)71-56(43-26-12-3-13-27-43)44-28-14-4-15-29-44)72-65-54(58(67)68)50-40-73-60(62-50)64-61(45-30-16-5-17-31-45,46-32-18-6-19-33-46)47-34-20-7-21-35-47/h1-40,55-57H,(H,62,64)(H,63,66)(H,67,68)/b65-54-. The molecule has 358 valence electrons. The van der Waals surface area contributed by atoms with Crippen molar-refractivity contribution < 1.29 is 29.0 Å². The summed E-state index contributed by atoms with van der Waals surface area (Å²) in [7, 11) is 0. The summed E-state index contributed by atoms with van der Waals surface area (Å²) in [5, 5.41) is 21.1. The summed E-state index contributed by atoms with van der Waals surface area (Å²) >= 11 is 1.19. The molecule has 2 heterocycles. The number of ether oxygens (including phenoxy) is 2. The van der Waals surface area contributed by atoms with Crippen LogP contribution in [0.5, 0.6) is 5.75 Å². The second kappa shape index (κ2) is 21.7. The number of carbonyl (C=O) groups excluding carboxylic acids is 1. The molecule has 0 amide bonds. The van der Waals surface area contributed by atoms with E-state index in [4.69, 9.17) is 19.3 Å². The number of carboxylic acids is 1. The number of fused-ring (bicyclic) bond motifs is 1. The summed E-state index contributed by atoms with van der Waals surface area (Å²) in [6, 6.07) is 73.8. The highest BCUT2D eigenvalue weighted by atomic mass is 32.1. The lowest BCUT2D eigenvalue weighted by molar-refractivity contribution is -0.162. The van der Waals surface area contributed by atoms with Gasteiger partial charge in [-0.25, -0.2) is 14.6 Å². The monoisotopic (exact) mass is 978 g/mol. The number of aromatic nitrogens is 2. The van der Waals surface area contributed by atoms with Crippen LogP contribution in [-0.4, -0.2) is 32.7 Å². The first kappa shape index (κ1) is 47.3. The van der Waals surface area contributed by atoms with Crippen molar-refractivity contribution in [3.8, 4) is 5.75 Å². The third-order valence-corrected chi connectivity index (χ3v) is 13.1. The number of aromatic amines is 1. The molecule has 73 heavy (non-hydrogen) atoms. The summed E-state index contributed by atoms with van der Waals surface area (Å²) in [5.41, 5.74) is 4.37. The maximum Gasteiger partial charge on any atom is 0.360 e. The van der Waals surface area contributed by atoms with E-state index in [1.165, 1.54) is 17.4 Å². The molecule has 2 aromatic heterocycles. The Labute approximate surface area is 424 Å². The lowest BCUT2D eigenvalue weighted by Crippen LogP contribution is -2.38. The molecular weight excluding hydrogens is 933 g/mol. The molecule has 10 aromatic rings. The molecule has 0 aliphatic rings. The van der Waals surface area contributed by atoms with Crippen LogP contribution in [0.4, 0.5) is 5.13 Å². The average molecular weight is 979 g/mol. The van der Waals surface area contributed by atoms with Crippen LogP contribution >= 0.6 is 11.3 Å². The molecule has 8 aromatic carbocycles. The van der Waals surface area contributed by atoms with E-state index in [2.05, 4.69) is 15.5 Å². The van der Waals surface area contributed by atoms with Crippen LogP contribution in [-0.2, 0) is 24.7 Å². The molecule has 0 aliphatic heterocycles. The van der Waals surface area contributed by atoms with E-state index in [1.54, 1.807) is 23.6 Å². The van der Waals surface area contributed by atoms with Crippen molar-refractivity contribution in [3.63, 3.8) is 0 Å². The van der Waals surface area contributed by atoms with Crippen LogP contribution in [0.1, 0.15) is 68.5 Å². The molecule has 0 bridgehead atoms. The summed E-state index contributed by atoms with van der Waals surface area (Å²) in [5.74, 6) is -2.04. The zero-order valence-electron chi connectivity index (χ0n) is 39.0. The molecule has 0 radical (unpaired) electrons. The maximum atomic E-state index is 15.0. The van der Waals surface area contributed by atoms with Gasteiger partial charge in [0.2, 0.25) is 17.4 Å². The molecule has 11 nitrogen and oxygen atoms in total. The first-order chi connectivity index (χ1) is 35.9. The summed E-state index contributed by atoms with van der Waals surface area (Å²) in [4.78, 5) is 55.5. The minimum atomic E-state index is -1.69. The van der Waals surface area contributed by atoms with E-state index in [9.17, 15) is 14.7 Å². The highest BCUT2D eigenvalue weighted by Gasteiger charge is 2.38. The van der Waals surface area contributed by atoms with Crippen molar-refractivity contribution in [2.24, 2.45) is 5.16 Å². The Kier molecular flexibility index (Phi) is 14.1. The third kappa shape index (κ3) is 10.3. The normalized spacial score (nSPS) is 12.1. The van der Waals surface area contributed by atoms with Gasteiger partial charge in [-0.3, -0.25) is 4.79 Å². The van der Waals surface area contributed by atoms with Gasteiger partial charge in [-0.1, -0.05) is 224 Å². The van der Waals surface area contributed by atoms with E-state index in [0.29, 0.717) is 27.4 Å². The first-order valence-corrected chi connectivity index (χ1v) is 24.3. The Balaban J connectivity index is 1.06. The van der Waals surface area contributed by atoms with E-state index in [-0.39, 0.29) is 16.8 Å². The van der Waals surface area contributed by atoms with Gasteiger partial charge in [0.05, 0.1) is 5.52 Å². The zero-order valence-corrected chi connectivity index (χ0v) is 39.8. The van der Waals surface area contributed by atoms with Crippen molar-refractivity contribution in [1.29, 1.82) is 0 Å². The number of pyridine rings is 1. The van der Waals surface area contributed by atoms with Gasteiger partial charge in [0.25, 0.3) is 0 Å². The van der Waals surface area contributed by atoms with E-state index in [0.717, 1.165) is 27.8 Å². The number of carbonyl (C=O) groups is 2. The lowest BCUT2D eigenvalue weighted by Gasteiger charge is -2.36. The molecule has 0 fully saturated rings. The van der Waals surface area contributed by atoms with Crippen LogP contribution in [0.25, 0.3) is 10.9 Å². The Hall–Kier alpha value is -9.39. The Morgan fingerprint density at radius 2 is 1.03 bits per heavy atom. The number of oxime groups is 1. The molecule has 1 unspecified atom stereocenters. The Morgan fingerprint density at radius 1 is 0.575 bits per heavy atom. The van der Waals surface area contributed by atoms with Crippen LogP contribution < -0.4 is 15.6 Å². The van der Waals surface area contributed by atoms with E-state index < -0.39 is 47.1 Å². The zero-order chi connectivity index (χ0) is 50.0. The molecule has 10 rings (SSSR count). The smallest absolute Gasteiger partial charge is 0.360 e.